The molecule has 0 aliphatic carbocycles. The zero-order chi connectivity index (χ0) is 15.9. The lowest BCUT2D eigenvalue weighted by Gasteiger charge is -2.38. The van der Waals surface area contributed by atoms with Gasteiger partial charge in [-0.1, -0.05) is 29.8 Å². The minimum atomic E-state index is -0.173. The molecule has 0 radical (unpaired) electrons. The number of ether oxygens (including phenoxy) is 2. The number of nitrogens with zero attached hydrogens (tertiary/aromatic N) is 1. The van der Waals surface area contributed by atoms with Gasteiger partial charge in [0.2, 0.25) is 5.91 Å². The molecule has 1 aliphatic heterocycles. The highest BCUT2D eigenvalue weighted by Crippen LogP contribution is 2.29. The molecule has 0 aromatic heterocycles. The van der Waals surface area contributed by atoms with Crippen molar-refractivity contribution in [1.82, 2.24) is 10.2 Å². The van der Waals surface area contributed by atoms with E-state index in [9.17, 15) is 4.79 Å². The van der Waals surface area contributed by atoms with E-state index in [0.29, 0.717) is 37.9 Å². The molecule has 1 N–H and O–H groups in total. The lowest BCUT2D eigenvalue weighted by atomic mass is 10.1. The third-order valence-electron chi connectivity index (χ3n) is 3.76. The second kappa shape index (κ2) is 8.48. The normalized spacial score (nSPS) is 21.9. The fraction of sp³-hybridized carbons (Fsp3) is 0.562. The minimum Gasteiger partial charge on any atom is -0.383 e. The summed E-state index contributed by atoms with van der Waals surface area (Å²) in [5, 5.41) is 3.76. The van der Waals surface area contributed by atoms with Crippen LogP contribution in [0.25, 0.3) is 0 Å². The summed E-state index contributed by atoms with van der Waals surface area (Å²) in [6, 6.07) is 7.68. The van der Waals surface area contributed by atoms with E-state index in [1.54, 1.807) is 7.11 Å². The summed E-state index contributed by atoms with van der Waals surface area (Å²) < 4.78 is 10.8. The predicted molar refractivity (Wildman–Crippen MR) is 86.1 cm³/mol. The second-order valence-corrected chi connectivity index (χ2v) is 5.82. The first-order valence-electron chi connectivity index (χ1n) is 7.48. The number of amides is 1. The zero-order valence-electron chi connectivity index (χ0n) is 13.0. The maximum absolute atomic E-state index is 12.4. The Bertz CT molecular complexity index is 498. The molecule has 1 heterocycles. The molecule has 5 nitrogen and oxygen atoms in total. The van der Waals surface area contributed by atoms with Gasteiger partial charge >= 0.3 is 0 Å². The summed E-state index contributed by atoms with van der Waals surface area (Å²) in [6.07, 6.45) is -0.173. The quantitative estimate of drug-likeness (QED) is 0.811. The van der Waals surface area contributed by atoms with Crippen LogP contribution in [0.2, 0.25) is 5.02 Å². The van der Waals surface area contributed by atoms with Gasteiger partial charge < -0.3 is 19.7 Å². The molecule has 0 spiro atoms. The topological polar surface area (TPSA) is 50.8 Å². The van der Waals surface area contributed by atoms with Gasteiger partial charge in [-0.05, 0) is 13.0 Å². The molecule has 22 heavy (non-hydrogen) atoms. The first kappa shape index (κ1) is 17.2. The number of nitrogens with one attached hydrogen (secondary N) is 1. The Balaban J connectivity index is 1.96. The minimum absolute atomic E-state index is 0.0652. The van der Waals surface area contributed by atoms with Crippen molar-refractivity contribution in [2.45, 2.75) is 19.1 Å². The van der Waals surface area contributed by atoms with E-state index in [1.807, 2.05) is 36.1 Å². The van der Waals surface area contributed by atoms with Crippen LogP contribution in [-0.4, -0.2) is 56.8 Å². The van der Waals surface area contributed by atoms with Crippen LogP contribution >= 0.6 is 11.6 Å². The van der Waals surface area contributed by atoms with Crippen LogP contribution in [0.15, 0.2) is 24.3 Å². The first-order chi connectivity index (χ1) is 10.6. The fourth-order valence-electron chi connectivity index (χ4n) is 2.50. The largest absolute Gasteiger partial charge is 0.383 e. The van der Waals surface area contributed by atoms with E-state index in [1.165, 1.54) is 0 Å². The SMILES string of the molecule is COCCNCC(=O)N1C[C@H](c2ccccc2Cl)OC[C@H]1C. The van der Waals surface area contributed by atoms with Crippen LogP contribution in [0.3, 0.4) is 0 Å². The summed E-state index contributed by atoms with van der Waals surface area (Å²) in [4.78, 5) is 14.2. The first-order valence-corrected chi connectivity index (χ1v) is 7.86. The highest BCUT2D eigenvalue weighted by Gasteiger charge is 2.30. The molecule has 1 aromatic rings. The lowest BCUT2D eigenvalue weighted by molar-refractivity contribution is -0.143. The Morgan fingerprint density at radius 2 is 2.27 bits per heavy atom. The summed E-state index contributed by atoms with van der Waals surface area (Å²) >= 11 is 6.23. The summed E-state index contributed by atoms with van der Waals surface area (Å²) in [6.45, 7) is 4.59. The molecule has 1 amide bonds. The molecular weight excluding hydrogens is 304 g/mol. The molecule has 2 rings (SSSR count). The molecule has 1 aliphatic rings. The molecule has 6 heteroatoms. The van der Waals surface area contributed by atoms with Crippen molar-refractivity contribution in [1.29, 1.82) is 0 Å². The van der Waals surface area contributed by atoms with Gasteiger partial charge in [0.25, 0.3) is 0 Å². The van der Waals surface area contributed by atoms with Crippen LogP contribution in [0.5, 0.6) is 0 Å². The highest BCUT2D eigenvalue weighted by molar-refractivity contribution is 6.31. The van der Waals surface area contributed by atoms with Crippen LogP contribution in [0.4, 0.5) is 0 Å². The van der Waals surface area contributed by atoms with E-state index < -0.39 is 0 Å². The molecule has 0 unspecified atom stereocenters. The van der Waals surface area contributed by atoms with Crippen molar-refractivity contribution in [2.75, 3.05) is 40.0 Å². The van der Waals surface area contributed by atoms with Gasteiger partial charge in [-0.2, -0.15) is 0 Å². The average molecular weight is 327 g/mol. The monoisotopic (exact) mass is 326 g/mol. The van der Waals surface area contributed by atoms with Crippen LogP contribution in [0.1, 0.15) is 18.6 Å². The molecule has 0 saturated carbocycles. The van der Waals surface area contributed by atoms with Gasteiger partial charge in [-0.25, -0.2) is 0 Å². The Morgan fingerprint density at radius 3 is 3.00 bits per heavy atom. The van der Waals surface area contributed by atoms with E-state index in [2.05, 4.69) is 5.32 Å². The Labute approximate surface area is 136 Å². The van der Waals surface area contributed by atoms with Crippen LogP contribution < -0.4 is 5.32 Å². The molecule has 1 saturated heterocycles. The molecule has 122 valence electrons. The average Bonchev–Trinajstić information content (AvgIpc) is 2.52. The molecular formula is C16H23ClN2O3. The number of carbonyl (C=O) groups is 1. The summed E-state index contributed by atoms with van der Waals surface area (Å²) in [5.41, 5.74) is 0.932. The van der Waals surface area contributed by atoms with Crippen molar-refractivity contribution in [3.05, 3.63) is 34.9 Å². The Morgan fingerprint density at radius 1 is 1.50 bits per heavy atom. The van der Waals surface area contributed by atoms with Crippen molar-refractivity contribution >= 4 is 17.5 Å². The van der Waals surface area contributed by atoms with Crippen LogP contribution in [0, 0.1) is 0 Å². The number of morpholine rings is 1. The standard InChI is InChI=1S/C16H23ClN2O3/c1-12-11-22-15(13-5-3-4-6-14(13)17)10-19(12)16(20)9-18-7-8-21-2/h3-6,12,15,18H,7-11H2,1-2H3/t12-,15-/m1/s1. The number of hydrogen-bond acceptors (Lipinski definition) is 4. The summed E-state index contributed by atoms with van der Waals surface area (Å²) in [7, 11) is 1.64. The molecule has 2 atom stereocenters. The number of benzene rings is 1. The summed E-state index contributed by atoms with van der Waals surface area (Å²) in [5.74, 6) is 0.0731. The third kappa shape index (κ3) is 4.43. The van der Waals surface area contributed by atoms with Gasteiger partial charge in [-0.15, -0.1) is 0 Å². The number of carbonyl (C=O) groups excluding carboxylic acids is 1. The van der Waals surface area contributed by atoms with E-state index in [-0.39, 0.29) is 18.1 Å². The number of halogens is 1. The van der Waals surface area contributed by atoms with Crippen molar-refractivity contribution in [2.24, 2.45) is 0 Å². The van der Waals surface area contributed by atoms with Crippen molar-refractivity contribution < 1.29 is 14.3 Å². The van der Waals surface area contributed by atoms with E-state index in [4.69, 9.17) is 21.1 Å². The predicted octanol–water partition coefficient (Wildman–Crippen LogP) is 1.86. The maximum atomic E-state index is 12.4. The lowest BCUT2D eigenvalue weighted by Crippen LogP contribution is -2.51. The van der Waals surface area contributed by atoms with Gasteiger partial charge in [-0.3, -0.25) is 4.79 Å². The molecule has 1 aromatic carbocycles. The third-order valence-corrected chi connectivity index (χ3v) is 4.11. The fourth-order valence-corrected chi connectivity index (χ4v) is 2.76. The Hall–Kier alpha value is -1.14. The maximum Gasteiger partial charge on any atom is 0.236 e. The van der Waals surface area contributed by atoms with Crippen LogP contribution in [-0.2, 0) is 14.3 Å². The van der Waals surface area contributed by atoms with E-state index >= 15 is 0 Å². The van der Waals surface area contributed by atoms with Gasteiger partial charge in [0, 0.05) is 24.2 Å². The molecule has 0 bridgehead atoms. The van der Waals surface area contributed by atoms with E-state index in [0.717, 1.165) is 5.56 Å². The number of methoxy groups -OCH3 is 1. The highest BCUT2D eigenvalue weighted by atomic mass is 35.5. The van der Waals surface area contributed by atoms with Crippen molar-refractivity contribution in [3.63, 3.8) is 0 Å². The van der Waals surface area contributed by atoms with Gasteiger partial charge in [0.1, 0.15) is 6.10 Å². The Kier molecular flexibility index (Phi) is 6.64. The van der Waals surface area contributed by atoms with Gasteiger partial charge in [0.05, 0.1) is 32.3 Å². The van der Waals surface area contributed by atoms with Gasteiger partial charge in [0.15, 0.2) is 0 Å². The zero-order valence-corrected chi connectivity index (χ0v) is 13.8. The molecule has 1 fully saturated rings. The smallest absolute Gasteiger partial charge is 0.236 e. The number of hydrogen-bond donors (Lipinski definition) is 1. The van der Waals surface area contributed by atoms with Crippen molar-refractivity contribution in [3.8, 4) is 0 Å². The second-order valence-electron chi connectivity index (χ2n) is 5.41. The number of rotatable bonds is 6.